The first-order chi connectivity index (χ1) is 8.24. The van der Waals surface area contributed by atoms with Crippen LogP contribution in [0.5, 0.6) is 0 Å². The molecule has 0 bridgehead atoms. The monoisotopic (exact) mass is 300 g/mol. The first kappa shape index (κ1) is 14.5. The quantitative estimate of drug-likeness (QED) is 0.742. The number of rotatable bonds is 8. The number of unbranched alkanes of at least 4 members (excludes halogenated alkanes) is 1. The van der Waals surface area contributed by atoms with Crippen molar-refractivity contribution >= 4 is 21.7 Å². The number of aromatic nitrogens is 1. The number of anilines is 1. The van der Waals surface area contributed by atoms with E-state index in [1.807, 2.05) is 12.3 Å². The molecule has 1 heterocycles. The van der Waals surface area contributed by atoms with Gasteiger partial charge in [0.25, 0.3) is 0 Å². The fraction of sp³-hybridized carbons (Fsp3) is 0.615. The standard InChI is InChI=1S/C13H21BrN2O/c1-3-4-7-17-8-5-6-15-13-9-11(2)12(14)10-16-13/h9-10H,3-8H2,1-2H3,(H,15,16). The average Bonchev–Trinajstić information content (AvgIpc) is 2.32. The van der Waals surface area contributed by atoms with Crippen LogP contribution in [0.15, 0.2) is 16.7 Å². The zero-order valence-corrected chi connectivity index (χ0v) is 12.2. The molecule has 1 N–H and O–H groups in total. The van der Waals surface area contributed by atoms with Crippen molar-refractivity contribution < 1.29 is 4.74 Å². The molecule has 96 valence electrons. The number of ether oxygens (including phenoxy) is 1. The van der Waals surface area contributed by atoms with Crippen molar-refractivity contribution in [1.29, 1.82) is 0 Å². The normalized spacial score (nSPS) is 10.5. The maximum Gasteiger partial charge on any atom is 0.126 e. The molecule has 1 aromatic rings. The minimum absolute atomic E-state index is 0.822. The third kappa shape index (κ3) is 6.03. The van der Waals surface area contributed by atoms with E-state index in [1.54, 1.807) is 0 Å². The van der Waals surface area contributed by atoms with Crippen LogP contribution < -0.4 is 5.32 Å². The molecular weight excluding hydrogens is 280 g/mol. The second kappa shape index (κ2) is 8.48. The highest BCUT2D eigenvalue weighted by molar-refractivity contribution is 9.10. The second-order valence-electron chi connectivity index (χ2n) is 4.06. The zero-order valence-electron chi connectivity index (χ0n) is 10.6. The van der Waals surface area contributed by atoms with Gasteiger partial charge in [0.2, 0.25) is 0 Å². The maximum absolute atomic E-state index is 5.49. The van der Waals surface area contributed by atoms with Gasteiger partial charge in [-0.05, 0) is 47.3 Å². The lowest BCUT2D eigenvalue weighted by atomic mass is 10.3. The fourth-order valence-electron chi connectivity index (χ4n) is 1.38. The van der Waals surface area contributed by atoms with E-state index in [4.69, 9.17) is 4.74 Å². The lowest BCUT2D eigenvalue weighted by Crippen LogP contribution is -2.07. The molecule has 17 heavy (non-hydrogen) atoms. The molecule has 0 saturated carbocycles. The van der Waals surface area contributed by atoms with E-state index >= 15 is 0 Å². The van der Waals surface area contributed by atoms with Gasteiger partial charge in [-0.3, -0.25) is 0 Å². The molecular formula is C13H21BrN2O. The first-order valence-electron chi connectivity index (χ1n) is 6.17. The van der Waals surface area contributed by atoms with E-state index in [-0.39, 0.29) is 0 Å². The Balaban J connectivity index is 2.11. The Labute approximate surface area is 112 Å². The SMILES string of the molecule is CCCCOCCCNc1cc(C)c(Br)cn1. The Kier molecular flexibility index (Phi) is 7.21. The number of hydrogen-bond acceptors (Lipinski definition) is 3. The maximum atomic E-state index is 5.49. The minimum Gasteiger partial charge on any atom is -0.381 e. The fourth-order valence-corrected chi connectivity index (χ4v) is 1.59. The van der Waals surface area contributed by atoms with E-state index in [2.05, 4.69) is 40.1 Å². The summed E-state index contributed by atoms with van der Waals surface area (Å²) in [5.74, 6) is 0.930. The summed E-state index contributed by atoms with van der Waals surface area (Å²) < 4.78 is 6.53. The van der Waals surface area contributed by atoms with Crippen LogP contribution in [0.1, 0.15) is 31.7 Å². The Morgan fingerprint density at radius 1 is 1.35 bits per heavy atom. The van der Waals surface area contributed by atoms with Crippen LogP contribution in [-0.4, -0.2) is 24.7 Å². The Morgan fingerprint density at radius 3 is 2.82 bits per heavy atom. The molecule has 0 aromatic carbocycles. The molecule has 0 aliphatic heterocycles. The molecule has 0 saturated heterocycles. The van der Waals surface area contributed by atoms with Crippen molar-refractivity contribution in [3.05, 3.63) is 22.3 Å². The van der Waals surface area contributed by atoms with E-state index < -0.39 is 0 Å². The summed E-state index contributed by atoms with van der Waals surface area (Å²) >= 11 is 3.44. The third-order valence-corrected chi connectivity index (χ3v) is 3.29. The van der Waals surface area contributed by atoms with Crippen molar-refractivity contribution in [2.75, 3.05) is 25.1 Å². The van der Waals surface area contributed by atoms with Crippen molar-refractivity contribution in [1.82, 2.24) is 4.98 Å². The number of nitrogens with zero attached hydrogens (tertiary/aromatic N) is 1. The van der Waals surface area contributed by atoms with Crippen molar-refractivity contribution in [2.24, 2.45) is 0 Å². The molecule has 1 rings (SSSR count). The summed E-state index contributed by atoms with van der Waals surface area (Å²) in [4.78, 5) is 4.29. The number of hydrogen-bond donors (Lipinski definition) is 1. The van der Waals surface area contributed by atoms with Gasteiger partial charge in [0.1, 0.15) is 5.82 Å². The summed E-state index contributed by atoms with van der Waals surface area (Å²) in [6.45, 7) is 6.84. The van der Waals surface area contributed by atoms with Gasteiger partial charge in [-0.15, -0.1) is 0 Å². The highest BCUT2D eigenvalue weighted by Gasteiger charge is 1.98. The number of nitrogens with one attached hydrogen (secondary N) is 1. The highest BCUT2D eigenvalue weighted by atomic mass is 79.9. The lowest BCUT2D eigenvalue weighted by molar-refractivity contribution is 0.131. The van der Waals surface area contributed by atoms with Gasteiger partial charge in [0, 0.05) is 30.4 Å². The molecule has 3 nitrogen and oxygen atoms in total. The Bertz CT molecular complexity index is 331. The molecule has 4 heteroatoms. The van der Waals surface area contributed by atoms with E-state index in [9.17, 15) is 0 Å². The molecule has 0 amide bonds. The summed E-state index contributed by atoms with van der Waals surface area (Å²) in [6.07, 6.45) is 5.19. The first-order valence-corrected chi connectivity index (χ1v) is 6.97. The van der Waals surface area contributed by atoms with Crippen LogP contribution >= 0.6 is 15.9 Å². The Morgan fingerprint density at radius 2 is 2.12 bits per heavy atom. The zero-order chi connectivity index (χ0) is 12.5. The third-order valence-electron chi connectivity index (χ3n) is 2.46. The predicted molar refractivity (Wildman–Crippen MR) is 75.5 cm³/mol. The lowest BCUT2D eigenvalue weighted by Gasteiger charge is -2.07. The van der Waals surface area contributed by atoms with Gasteiger partial charge in [-0.1, -0.05) is 13.3 Å². The largest absolute Gasteiger partial charge is 0.381 e. The van der Waals surface area contributed by atoms with Gasteiger partial charge < -0.3 is 10.1 Å². The molecule has 0 spiro atoms. The van der Waals surface area contributed by atoms with E-state index in [0.29, 0.717) is 0 Å². The van der Waals surface area contributed by atoms with Crippen LogP contribution in [0.25, 0.3) is 0 Å². The molecule has 0 fully saturated rings. The summed E-state index contributed by atoms with van der Waals surface area (Å²) in [5.41, 5.74) is 1.20. The van der Waals surface area contributed by atoms with Crippen molar-refractivity contribution in [2.45, 2.75) is 33.1 Å². The van der Waals surface area contributed by atoms with E-state index in [0.717, 1.165) is 42.9 Å². The van der Waals surface area contributed by atoms with Crippen molar-refractivity contribution in [3.63, 3.8) is 0 Å². The van der Waals surface area contributed by atoms with Gasteiger partial charge in [-0.25, -0.2) is 4.98 Å². The van der Waals surface area contributed by atoms with Crippen LogP contribution in [-0.2, 0) is 4.74 Å². The molecule has 0 aliphatic carbocycles. The van der Waals surface area contributed by atoms with Gasteiger partial charge >= 0.3 is 0 Å². The second-order valence-corrected chi connectivity index (χ2v) is 4.92. The topological polar surface area (TPSA) is 34.1 Å². The highest BCUT2D eigenvalue weighted by Crippen LogP contribution is 2.16. The molecule has 0 unspecified atom stereocenters. The minimum atomic E-state index is 0.822. The van der Waals surface area contributed by atoms with E-state index in [1.165, 1.54) is 12.0 Å². The van der Waals surface area contributed by atoms with Crippen molar-refractivity contribution in [3.8, 4) is 0 Å². The van der Waals surface area contributed by atoms with Gasteiger partial charge in [-0.2, -0.15) is 0 Å². The summed E-state index contributed by atoms with van der Waals surface area (Å²) in [6, 6.07) is 2.04. The number of pyridine rings is 1. The van der Waals surface area contributed by atoms with Crippen LogP contribution in [0.4, 0.5) is 5.82 Å². The molecule has 0 radical (unpaired) electrons. The summed E-state index contributed by atoms with van der Waals surface area (Å²) in [5, 5.41) is 3.29. The average molecular weight is 301 g/mol. The van der Waals surface area contributed by atoms with Gasteiger partial charge in [0.15, 0.2) is 0 Å². The Hall–Kier alpha value is -0.610. The smallest absolute Gasteiger partial charge is 0.126 e. The van der Waals surface area contributed by atoms with Crippen LogP contribution in [0.3, 0.4) is 0 Å². The number of aryl methyl sites for hydroxylation is 1. The molecule has 0 atom stereocenters. The molecule has 0 aliphatic rings. The molecule has 1 aromatic heterocycles. The number of halogens is 1. The summed E-state index contributed by atoms with van der Waals surface area (Å²) in [7, 11) is 0. The van der Waals surface area contributed by atoms with Crippen LogP contribution in [0.2, 0.25) is 0 Å². The predicted octanol–water partition coefficient (Wildman–Crippen LogP) is 3.77. The van der Waals surface area contributed by atoms with Crippen LogP contribution in [0, 0.1) is 6.92 Å². The van der Waals surface area contributed by atoms with Gasteiger partial charge in [0.05, 0.1) is 0 Å².